The molecule has 1 fully saturated rings. The number of aromatic nitrogens is 1. The molecule has 2 aliphatic rings. The van der Waals surface area contributed by atoms with E-state index in [2.05, 4.69) is 4.18 Å². The summed E-state index contributed by atoms with van der Waals surface area (Å²) >= 11 is 0. The van der Waals surface area contributed by atoms with Gasteiger partial charge in [-0.15, -0.1) is 0 Å². The Morgan fingerprint density at radius 2 is 1.54 bits per heavy atom. The Kier molecular flexibility index (Phi) is 8.91. The first-order chi connectivity index (χ1) is 21.2. The maximum absolute atomic E-state index is 14.6. The molecule has 14 heteroatoms. The van der Waals surface area contributed by atoms with E-state index in [0.29, 0.717) is 22.2 Å². The van der Waals surface area contributed by atoms with E-state index in [1.54, 1.807) is 60.1 Å². The van der Waals surface area contributed by atoms with Crippen LogP contribution >= 0.6 is 0 Å². The number of amides is 1. The predicted octanol–water partition coefficient (Wildman–Crippen LogP) is 1.81. The van der Waals surface area contributed by atoms with E-state index in [0.717, 1.165) is 5.56 Å². The minimum Gasteiger partial charge on any atom is -0.860 e. The van der Waals surface area contributed by atoms with Crippen LogP contribution in [-0.4, -0.2) is 56.1 Å². The summed E-state index contributed by atoms with van der Waals surface area (Å²) in [4.78, 5) is 16.0. The number of hydrogen-bond donors (Lipinski definition) is 0. The summed E-state index contributed by atoms with van der Waals surface area (Å²) in [5.74, 6) is -2.22. The van der Waals surface area contributed by atoms with Crippen molar-refractivity contribution in [2.75, 3.05) is 18.6 Å². The Balaban J connectivity index is 0.00000417. The molecule has 0 spiro atoms. The number of halogens is 3. The largest absolute Gasteiger partial charge is 1.00 e. The normalized spacial score (nSPS) is 22.7. The van der Waals surface area contributed by atoms with Gasteiger partial charge in [0.15, 0.2) is 5.79 Å². The molecule has 0 saturated carbocycles. The minimum atomic E-state index is -5.93. The summed E-state index contributed by atoms with van der Waals surface area (Å²) in [6.07, 6.45) is -2.72. The molecule has 1 aromatic heterocycles. The van der Waals surface area contributed by atoms with Crippen molar-refractivity contribution in [2.24, 2.45) is 0 Å². The van der Waals surface area contributed by atoms with Gasteiger partial charge in [0.2, 0.25) is 5.91 Å². The number of rotatable bonds is 8. The number of nitrogens with zero attached hydrogens (tertiary/aromatic N) is 2. The monoisotopic (exact) mass is 650 g/mol. The molecule has 4 aromatic rings. The van der Waals surface area contributed by atoms with E-state index in [9.17, 15) is 31.5 Å². The molecule has 2 aliphatic heterocycles. The summed E-state index contributed by atoms with van der Waals surface area (Å²) in [6.45, 7) is 2.25. The SMILES string of the molecule is CN1C(=O)[C@](C[C@H]2OC(C)(C)O[C@@H]2COS(=O)(=O)C(F)(F)F)(c2c([O-])n(Cc3ccccc3)c3ccccc23)c2ccccc21.[Li+]. The van der Waals surface area contributed by atoms with E-state index in [1.807, 2.05) is 30.3 Å². The van der Waals surface area contributed by atoms with Crippen LogP contribution in [-0.2, 0) is 40.5 Å². The molecule has 3 aromatic carbocycles. The van der Waals surface area contributed by atoms with Crippen LogP contribution in [0.1, 0.15) is 37.0 Å². The second kappa shape index (κ2) is 12.0. The minimum absolute atomic E-state index is 0. The summed E-state index contributed by atoms with van der Waals surface area (Å²) in [7, 11) is -4.35. The first kappa shape index (κ1) is 34.0. The number of carbonyl (C=O) groups is 1. The van der Waals surface area contributed by atoms with Crippen LogP contribution in [0, 0.1) is 0 Å². The molecule has 0 N–H and O–H groups in total. The van der Waals surface area contributed by atoms with Crippen molar-refractivity contribution in [1.29, 1.82) is 0 Å². The van der Waals surface area contributed by atoms with Crippen molar-refractivity contribution in [3.05, 3.63) is 95.6 Å². The number of hydrogen-bond acceptors (Lipinski definition) is 7. The van der Waals surface area contributed by atoms with E-state index in [-0.39, 0.29) is 37.4 Å². The van der Waals surface area contributed by atoms with Crippen LogP contribution in [0.4, 0.5) is 18.9 Å². The number of carbonyl (C=O) groups excluding carboxylic acids is 1. The zero-order chi connectivity index (χ0) is 32.4. The number of alkyl halides is 3. The number of likely N-dealkylation sites (N-methyl/N-ethyl adjacent to an activating group) is 1. The maximum Gasteiger partial charge on any atom is 1.00 e. The zero-order valence-corrected chi connectivity index (χ0v) is 26.4. The van der Waals surface area contributed by atoms with Crippen molar-refractivity contribution in [1.82, 2.24) is 4.57 Å². The van der Waals surface area contributed by atoms with Gasteiger partial charge in [-0.3, -0.25) is 8.98 Å². The Morgan fingerprint density at radius 1 is 0.935 bits per heavy atom. The summed E-state index contributed by atoms with van der Waals surface area (Å²) in [5, 5.41) is 15.1. The van der Waals surface area contributed by atoms with Crippen LogP contribution in [0.3, 0.4) is 0 Å². The van der Waals surface area contributed by atoms with Crippen molar-refractivity contribution in [3.63, 3.8) is 0 Å². The average molecular weight is 651 g/mol. The molecule has 3 atom stereocenters. The molecule has 0 radical (unpaired) electrons. The molecule has 46 heavy (non-hydrogen) atoms. The molecule has 1 amide bonds. The fourth-order valence-electron chi connectivity index (χ4n) is 6.54. The van der Waals surface area contributed by atoms with Crippen molar-refractivity contribution in [3.8, 4) is 5.88 Å². The predicted molar refractivity (Wildman–Crippen MR) is 157 cm³/mol. The molecule has 0 bridgehead atoms. The molecular formula is C32H30F3LiN2O7S. The van der Waals surface area contributed by atoms with Gasteiger partial charge in [-0.2, -0.15) is 21.6 Å². The standard InChI is InChI=1S/C32H31F3N2O7S.Li/c1-30(2)43-25(26(44-30)19-42-45(40,41)32(33,34)35)17-31(22-14-8-10-16-24(22)36(3)29(31)39)27-21-13-7-9-15-23(21)37(28(27)38)18-20-11-5-4-6-12-20;/h4-16,25-26,38H,17-19H2,1-3H3;/q;+1/p-1/t25-,26-,31+;/m1./s1. The first-order valence-corrected chi connectivity index (χ1v) is 15.6. The smallest absolute Gasteiger partial charge is 0.860 e. The van der Waals surface area contributed by atoms with Gasteiger partial charge in [0.25, 0.3) is 0 Å². The fraction of sp³-hybridized carbons (Fsp3) is 0.344. The Morgan fingerprint density at radius 3 is 2.24 bits per heavy atom. The van der Waals surface area contributed by atoms with E-state index in [1.165, 1.54) is 18.7 Å². The van der Waals surface area contributed by atoms with Crippen LogP contribution in [0.2, 0.25) is 0 Å². The van der Waals surface area contributed by atoms with Gasteiger partial charge in [0.05, 0.1) is 12.7 Å². The van der Waals surface area contributed by atoms with Gasteiger partial charge < -0.3 is 24.0 Å². The number of anilines is 1. The average Bonchev–Trinajstić information content (AvgIpc) is 3.52. The van der Waals surface area contributed by atoms with Crippen LogP contribution in [0.15, 0.2) is 78.9 Å². The van der Waals surface area contributed by atoms with Gasteiger partial charge in [-0.05, 0) is 55.0 Å². The van der Waals surface area contributed by atoms with E-state index in [4.69, 9.17) is 9.47 Å². The van der Waals surface area contributed by atoms with Gasteiger partial charge >= 0.3 is 34.5 Å². The zero-order valence-electron chi connectivity index (χ0n) is 25.6. The third-order valence-electron chi connectivity index (χ3n) is 8.39. The Hall–Kier alpha value is -3.31. The van der Waals surface area contributed by atoms with Gasteiger partial charge in [-0.1, -0.05) is 66.7 Å². The first-order valence-electron chi connectivity index (χ1n) is 14.2. The Labute approximate surface area is 276 Å². The van der Waals surface area contributed by atoms with Crippen LogP contribution in [0.25, 0.3) is 10.9 Å². The number of benzene rings is 3. The number of fused-ring (bicyclic) bond motifs is 2. The Bertz CT molecular complexity index is 1880. The summed E-state index contributed by atoms with van der Waals surface area (Å²) in [5.41, 5.74) is -4.60. The third-order valence-corrected chi connectivity index (χ3v) is 9.41. The van der Waals surface area contributed by atoms with Crippen LogP contribution < -0.4 is 28.9 Å². The number of para-hydroxylation sites is 2. The molecule has 1 saturated heterocycles. The topological polar surface area (TPSA) is 110 Å². The molecule has 0 aliphatic carbocycles. The van der Waals surface area contributed by atoms with Gasteiger partial charge in [0.1, 0.15) is 11.5 Å². The molecule has 9 nitrogen and oxygen atoms in total. The van der Waals surface area contributed by atoms with Crippen LogP contribution in [0.5, 0.6) is 5.88 Å². The molecule has 238 valence electrons. The van der Waals surface area contributed by atoms with Crippen molar-refractivity contribution < 1.29 is 64.0 Å². The molecule has 0 unspecified atom stereocenters. The fourth-order valence-corrected chi connectivity index (χ4v) is 6.99. The summed E-state index contributed by atoms with van der Waals surface area (Å²) in [6, 6.07) is 23.4. The van der Waals surface area contributed by atoms with E-state index >= 15 is 0 Å². The second-order valence-electron chi connectivity index (χ2n) is 11.7. The van der Waals surface area contributed by atoms with Crippen molar-refractivity contribution >= 4 is 32.6 Å². The molecule has 3 heterocycles. The molecular weight excluding hydrogens is 620 g/mol. The van der Waals surface area contributed by atoms with Gasteiger partial charge in [0, 0.05) is 30.2 Å². The van der Waals surface area contributed by atoms with Gasteiger partial charge in [-0.25, -0.2) is 0 Å². The molecule has 6 rings (SSSR count). The number of ether oxygens (including phenoxy) is 2. The second-order valence-corrected chi connectivity index (χ2v) is 13.3. The third kappa shape index (κ3) is 5.63. The van der Waals surface area contributed by atoms with E-state index < -0.39 is 57.4 Å². The summed E-state index contributed by atoms with van der Waals surface area (Å²) < 4.78 is 80.7. The van der Waals surface area contributed by atoms with Crippen molar-refractivity contribution in [2.45, 2.75) is 55.7 Å². The quantitative estimate of drug-likeness (QED) is 0.163. The maximum atomic E-state index is 14.6.